The van der Waals surface area contributed by atoms with Gasteiger partial charge < -0.3 is 15.4 Å². The number of rotatable bonds is 6. The Labute approximate surface area is 196 Å². The fourth-order valence-corrected chi connectivity index (χ4v) is 6.11. The van der Waals surface area contributed by atoms with Crippen molar-refractivity contribution < 1.29 is 9.53 Å². The number of fused-ring (bicyclic) bond motifs is 3. The largest absolute Gasteiger partial charge is 0.497 e. The Kier molecular flexibility index (Phi) is 6.58. The molecule has 6 rings (SSSR count). The molecule has 4 heterocycles. The predicted octanol–water partition coefficient (Wildman–Crippen LogP) is 3.91. The first-order valence-electron chi connectivity index (χ1n) is 12.6. The summed E-state index contributed by atoms with van der Waals surface area (Å²) >= 11 is 0. The molecule has 2 amide bonds. The second-order valence-corrected chi connectivity index (χ2v) is 10.0. The molecule has 2 bridgehead atoms. The van der Waals surface area contributed by atoms with E-state index in [1.807, 2.05) is 12.1 Å². The number of carbonyl (C=O) groups excluding carboxylic acids is 1. The third-order valence-corrected chi connectivity index (χ3v) is 8.00. The summed E-state index contributed by atoms with van der Waals surface area (Å²) in [6.07, 6.45) is 8.37. The maximum absolute atomic E-state index is 12.4. The Hall–Kier alpha value is -2.54. The van der Waals surface area contributed by atoms with Crippen molar-refractivity contribution in [3.8, 4) is 17.0 Å². The lowest BCUT2D eigenvalue weighted by atomic mass is 9.74. The van der Waals surface area contributed by atoms with E-state index in [4.69, 9.17) is 9.84 Å². The van der Waals surface area contributed by atoms with Crippen LogP contribution in [0.5, 0.6) is 5.75 Å². The monoisotopic (exact) mass is 451 g/mol. The van der Waals surface area contributed by atoms with E-state index in [-0.39, 0.29) is 6.03 Å². The van der Waals surface area contributed by atoms with Crippen molar-refractivity contribution in [1.29, 1.82) is 0 Å². The molecule has 1 unspecified atom stereocenters. The fraction of sp³-hybridized carbons (Fsp3) is 0.615. The van der Waals surface area contributed by atoms with Gasteiger partial charge in [0.25, 0.3) is 0 Å². The van der Waals surface area contributed by atoms with Crippen LogP contribution in [0.15, 0.2) is 30.3 Å². The molecule has 33 heavy (non-hydrogen) atoms. The molecule has 1 aromatic carbocycles. The van der Waals surface area contributed by atoms with Gasteiger partial charge in [0.05, 0.1) is 12.8 Å². The van der Waals surface area contributed by atoms with Crippen LogP contribution in [0.2, 0.25) is 0 Å². The van der Waals surface area contributed by atoms with E-state index in [2.05, 4.69) is 45.5 Å². The van der Waals surface area contributed by atoms with Gasteiger partial charge in [-0.25, -0.2) is 4.79 Å². The molecular formula is C26H37N5O2. The number of aryl methyl sites for hydroxylation is 1. The number of aromatic nitrogens is 2. The van der Waals surface area contributed by atoms with Gasteiger partial charge in [-0.2, -0.15) is 5.10 Å². The van der Waals surface area contributed by atoms with E-state index in [0.717, 1.165) is 55.9 Å². The Morgan fingerprint density at radius 1 is 1.15 bits per heavy atom. The number of piperidine rings is 3. The van der Waals surface area contributed by atoms with Crippen LogP contribution < -0.4 is 15.4 Å². The minimum atomic E-state index is 0.0110. The number of nitrogens with one attached hydrogen (secondary N) is 2. The molecule has 0 spiro atoms. The van der Waals surface area contributed by atoms with Crippen molar-refractivity contribution in [3.63, 3.8) is 0 Å². The Morgan fingerprint density at radius 3 is 2.64 bits per heavy atom. The average Bonchev–Trinajstić information content (AvgIpc) is 3.25. The number of carbonyl (C=O) groups is 1. The highest BCUT2D eigenvalue weighted by Crippen LogP contribution is 2.42. The molecular weight excluding hydrogens is 414 g/mol. The lowest BCUT2D eigenvalue weighted by Crippen LogP contribution is -2.57. The van der Waals surface area contributed by atoms with Gasteiger partial charge in [0.2, 0.25) is 0 Å². The summed E-state index contributed by atoms with van der Waals surface area (Å²) in [4.78, 5) is 15.0. The van der Waals surface area contributed by atoms with Crippen molar-refractivity contribution in [3.05, 3.63) is 36.0 Å². The van der Waals surface area contributed by atoms with Gasteiger partial charge in [-0.15, -0.1) is 0 Å². The molecule has 178 valence electrons. The average molecular weight is 452 g/mol. The van der Waals surface area contributed by atoms with Crippen molar-refractivity contribution in [2.45, 2.75) is 62.9 Å². The zero-order valence-corrected chi connectivity index (χ0v) is 19.9. The number of hydrogen-bond donors (Lipinski definition) is 2. The van der Waals surface area contributed by atoms with Gasteiger partial charge in [0.1, 0.15) is 5.75 Å². The lowest BCUT2D eigenvalue weighted by Gasteiger charge is -2.50. The van der Waals surface area contributed by atoms with Crippen LogP contribution in [0.4, 0.5) is 4.79 Å². The zero-order chi connectivity index (χ0) is 22.8. The van der Waals surface area contributed by atoms with Crippen LogP contribution in [0.1, 0.15) is 56.6 Å². The molecule has 1 aromatic heterocycles. The topological polar surface area (TPSA) is 71.4 Å². The smallest absolute Gasteiger partial charge is 0.315 e. The summed E-state index contributed by atoms with van der Waals surface area (Å²) in [5, 5.41) is 11.2. The second-order valence-electron chi connectivity index (χ2n) is 10.0. The summed E-state index contributed by atoms with van der Waals surface area (Å²) in [5.74, 6) is 2.00. The molecule has 2 N–H and O–H groups in total. The number of nitrogens with zero attached hydrogens (tertiary/aromatic N) is 3. The van der Waals surface area contributed by atoms with Crippen LogP contribution in [0.25, 0.3) is 11.3 Å². The molecule has 3 aliphatic heterocycles. The Bertz CT molecular complexity index is 950. The third kappa shape index (κ3) is 4.88. The predicted molar refractivity (Wildman–Crippen MR) is 129 cm³/mol. The first-order chi connectivity index (χ1) is 16.1. The number of hydrogen-bond acceptors (Lipinski definition) is 4. The van der Waals surface area contributed by atoms with Crippen LogP contribution >= 0.6 is 0 Å². The van der Waals surface area contributed by atoms with Gasteiger partial charge in [0.15, 0.2) is 0 Å². The van der Waals surface area contributed by atoms with Gasteiger partial charge >= 0.3 is 6.03 Å². The molecule has 1 saturated carbocycles. The van der Waals surface area contributed by atoms with Gasteiger partial charge in [-0.1, -0.05) is 19.3 Å². The molecule has 4 fully saturated rings. The molecule has 0 radical (unpaired) electrons. The number of methoxy groups -OCH3 is 1. The van der Waals surface area contributed by atoms with Crippen LogP contribution in [0, 0.1) is 5.92 Å². The van der Waals surface area contributed by atoms with E-state index >= 15 is 0 Å². The normalized spacial score (nSPS) is 27.3. The van der Waals surface area contributed by atoms with E-state index in [9.17, 15) is 4.79 Å². The summed E-state index contributed by atoms with van der Waals surface area (Å²) in [6, 6.07) is 11.2. The Balaban J connectivity index is 1.19. The maximum Gasteiger partial charge on any atom is 0.315 e. The highest BCUT2D eigenvalue weighted by atomic mass is 16.5. The maximum atomic E-state index is 12.4. The van der Waals surface area contributed by atoms with Crippen LogP contribution in [-0.4, -0.2) is 59.5 Å². The minimum absolute atomic E-state index is 0.0110. The number of amides is 2. The quantitative estimate of drug-likeness (QED) is 0.699. The van der Waals surface area contributed by atoms with Crippen molar-refractivity contribution in [2.75, 3.05) is 26.7 Å². The lowest BCUT2D eigenvalue weighted by molar-refractivity contribution is 0.0294. The third-order valence-electron chi connectivity index (χ3n) is 8.00. The number of benzene rings is 1. The van der Waals surface area contributed by atoms with Gasteiger partial charge in [0, 0.05) is 49.4 Å². The zero-order valence-electron chi connectivity index (χ0n) is 19.9. The van der Waals surface area contributed by atoms with Crippen molar-refractivity contribution in [1.82, 2.24) is 25.3 Å². The summed E-state index contributed by atoms with van der Waals surface area (Å²) in [7, 11) is 3.75. The van der Waals surface area contributed by atoms with Crippen LogP contribution in [0.3, 0.4) is 0 Å². The number of ether oxygens (including phenoxy) is 1. The molecule has 7 nitrogen and oxygen atoms in total. The molecule has 7 heteroatoms. The SMILES string of the molecule is COc1ccc(-c2cc([C@@H]3CN4CC[C@H]3C[C@@H]4CNC(=O)NC3CCCCC3)n(C)n2)cc1. The molecule has 4 atom stereocenters. The van der Waals surface area contributed by atoms with E-state index in [1.165, 1.54) is 31.4 Å². The molecule has 2 aromatic rings. The van der Waals surface area contributed by atoms with Gasteiger partial charge in [-0.05, 0) is 68.5 Å². The van der Waals surface area contributed by atoms with E-state index < -0.39 is 0 Å². The molecule has 3 saturated heterocycles. The Morgan fingerprint density at radius 2 is 1.94 bits per heavy atom. The molecule has 4 aliphatic rings. The van der Waals surface area contributed by atoms with E-state index in [1.54, 1.807) is 7.11 Å². The second kappa shape index (κ2) is 9.75. The van der Waals surface area contributed by atoms with Crippen molar-refractivity contribution in [2.24, 2.45) is 13.0 Å². The van der Waals surface area contributed by atoms with Crippen LogP contribution in [-0.2, 0) is 7.05 Å². The highest BCUT2D eigenvalue weighted by Gasteiger charge is 2.41. The highest BCUT2D eigenvalue weighted by molar-refractivity contribution is 5.74. The summed E-state index contributed by atoms with van der Waals surface area (Å²) in [5.41, 5.74) is 3.45. The minimum Gasteiger partial charge on any atom is -0.497 e. The first-order valence-corrected chi connectivity index (χ1v) is 12.6. The number of urea groups is 1. The standard InChI is InChI=1S/C26H37N5O2/c1-30-25(15-24(29-30)18-8-10-22(33-2)11-9-18)23-17-31-13-12-19(23)14-21(31)16-27-26(32)28-20-6-4-3-5-7-20/h8-11,15,19-21,23H,3-7,12-14,16-17H2,1-2H3,(H2,27,28,32)/t19-,21+,23+/m0/s1. The fourth-order valence-electron chi connectivity index (χ4n) is 6.11. The first kappa shape index (κ1) is 22.3. The van der Waals surface area contributed by atoms with Crippen molar-refractivity contribution >= 4 is 6.03 Å². The van der Waals surface area contributed by atoms with Gasteiger partial charge in [-0.3, -0.25) is 9.58 Å². The summed E-state index contributed by atoms with van der Waals surface area (Å²) in [6.45, 7) is 2.91. The van der Waals surface area contributed by atoms with E-state index in [0.29, 0.717) is 23.9 Å². The molecule has 1 aliphatic carbocycles. The summed E-state index contributed by atoms with van der Waals surface area (Å²) < 4.78 is 7.35.